The summed E-state index contributed by atoms with van der Waals surface area (Å²) in [6, 6.07) is 3.75. The molecule has 0 aromatic carbocycles. The fraction of sp³-hybridized carbons (Fsp3) is 0.533. The summed E-state index contributed by atoms with van der Waals surface area (Å²) in [7, 11) is -2.93. The van der Waals surface area contributed by atoms with Crippen LogP contribution in [0.4, 0.5) is 0 Å². The Balaban J connectivity index is 1.83. The number of aromatic nitrogens is 1. The monoisotopic (exact) mass is 324 g/mol. The highest BCUT2D eigenvalue weighted by Crippen LogP contribution is 2.24. The van der Waals surface area contributed by atoms with Crippen LogP contribution in [0.1, 0.15) is 29.2 Å². The summed E-state index contributed by atoms with van der Waals surface area (Å²) < 4.78 is 34.2. The van der Waals surface area contributed by atoms with Crippen molar-refractivity contribution in [1.82, 2.24) is 10.1 Å². The van der Waals surface area contributed by atoms with Crippen LogP contribution in [0.25, 0.3) is 0 Å². The second-order valence-corrected chi connectivity index (χ2v) is 8.07. The summed E-state index contributed by atoms with van der Waals surface area (Å²) in [5, 5.41) is 3.98. The third-order valence-electron chi connectivity index (χ3n) is 4.21. The van der Waals surface area contributed by atoms with E-state index in [1.165, 1.54) is 0 Å². The van der Waals surface area contributed by atoms with Gasteiger partial charge in [0.15, 0.2) is 9.84 Å². The lowest BCUT2D eigenvalue weighted by atomic mass is 10.1. The molecule has 1 saturated heterocycles. The van der Waals surface area contributed by atoms with Crippen molar-refractivity contribution in [1.29, 1.82) is 0 Å². The molecule has 1 fully saturated rings. The molecule has 6 nitrogen and oxygen atoms in total. The van der Waals surface area contributed by atoms with Gasteiger partial charge in [-0.2, -0.15) is 0 Å². The molecular weight excluding hydrogens is 304 g/mol. The van der Waals surface area contributed by atoms with E-state index in [0.29, 0.717) is 19.5 Å². The van der Waals surface area contributed by atoms with Gasteiger partial charge in [-0.1, -0.05) is 5.16 Å². The van der Waals surface area contributed by atoms with Crippen molar-refractivity contribution >= 4 is 9.84 Å². The number of rotatable bonds is 5. The maximum absolute atomic E-state index is 11.8. The molecule has 3 rings (SSSR count). The molecule has 2 aromatic rings. The van der Waals surface area contributed by atoms with E-state index in [1.54, 1.807) is 6.26 Å². The van der Waals surface area contributed by atoms with Gasteiger partial charge in [-0.3, -0.25) is 4.90 Å². The van der Waals surface area contributed by atoms with Gasteiger partial charge in [0.2, 0.25) is 0 Å². The molecule has 120 valence electrons. The van der Waals surface area contributed by atoms with E-state index in [-0.39, 0.29) is 17.5 Å². The Morgan fingerprint density at radius 3 is 2.73 bits per heavy atom. The first kappa shape index (κ1) is 15.3. The average Bonchev–Trinajstić information content (AvgIpc) is 3.15. The molecule has 22 heavy (non-hydrogen) atoms. The van der Waals surface area contributed by atoms with Crippen LogP contribution in [0.3, 0.4) is 0 Å². The third kappa shape index (κ3) is 3.25. The summed E-state index contributed by atoms with van der Waals surface area (Å²) in [6.45, 7) is 4.98. The smallest absolute Gasteiger partial charge is 0.151 e. The van der Waals surface area contributed by atoms with Crippen LogP contribution in [-0.2, 0) is 22.9 Å². The maximum atomic E-state index is 11.8. The lowest BCUT2D eigenvalue weighted by molar-refractivity contribution is 0.178. The fourth-order valence-corrected chi connectivity index (χ4v) is 4.67. The first-order valence-corrected chi connectivity index (χ1v) is 9.15. The number of hydrogen-bond acceptors (Lipinski definition) is 6. The van der Waals surface area contributed by atoms with Crippen molar-refractivity contribution in [3.8, 4) is 0 Å². The largest absolute Gasteiger partial charge is 0.468 e. The molecule has 0 spiro atoms. The van der Waals surface area contributed by atoms with E-state index in [9.17, 15) is 8.42 Å². The molecule has 2 aromatic heterocycles. The summed E-state index contributed by atoms with van der Waals surface area (Å²) in [5.41, 5.74) is 1.87. The van der Waals surface area contributed by atoms with Gasteiger partial charge in [0.1, 0.15) is 11.5 Å². The normalized spacial score (nSPS) is 20.8. The molecular formula is C15H20N2O4S. The van der Waals surface area contributed by atoms with Crippen molar-refractivity contribution in [3.63, 3.8) is 0 Å². The standard InChI is InChI=1S/C15H20N2O4S/c1-11-15(12(2)21-16-11)9-17(8-14-4-3-6-20-14)13-5-7-22(18,19)10-13/h3-4,6,13H,5,7-10H2,1-2H3. The van der Waals surface area contributed by atoms with Crippen LogP contribution < -0.4 is 0 Å². The highest BCUT2D eigenvalue weighted by molar-refractivity contribution is 7.91. The molecule has 7 heteroatoms. The Bertz CT molecular complexity index is 714. The molecule has 1 aliphatic heterocycles. The maximum Gasteiger partial charge on any atom is 0.151 e. The van der Waals surface area contributed by atoms with Gasteiger partial charge in [0, 0.05) is 18.2 Å². The van der Waals surface area contributed by atoms with E-state index in [0.717, 1.165) is 22.8 Å². The van der Waals surface area contributed by atoms with Crippen LogP contribution in [0.2, 0.25) is 0 Å². The van der Waals surface area contributed by atoms with Gasteiger partial charge in [-0.05, 0) is 32.4 Å². The molecule has 3 heterocycles. The number of hydrogen-bond donors (Lipinski definition) is 0. The molecule has 0 radical (unpaired) electrons. The van der Waals surface area contributed by atoms with Gasteiger partial charge in [-0.15, -0.1) is 0 Å². The average molecular weight is 324 g/mol. The minimum atomic E-state index is -2.93. The second kappa shape index (κ2) is 5.89. The summed E-state index contributed by atoms with van der Waals surface area (Å²) in [6.07, 6.45) is 2.29. The zero-order valence-corrected chi connectivity index (χ0v) is 13.6. The number of nitrogens with zero attached hydrogens (tertiary/aromatic N) is 2. The summed E-state index contributed by atoms with van der Waals surface area (Å²) in [4.78, 5) is 2.15. The first-order chi connectivity index (χ1) is 10.4. The predicted octanol–water partition coefficient (Wildman–Crippen LogP) is 2.07. The number of aryl methyl sites for hydroxylation is 2. The molecule has 0 saturated carbocycles. The SMILES string of the molecule is Cc1noc(C)c1CN(Cc1ccco1)C1CCS(=O)(=O)C1. The number of furan rings is 1. The Morgan fingerprint density at radius 1 is 1.36 bits per heavy atom. The van der Waals surface area contributed by atoms with Crippen LogP contribution >= 0.6 is 0 Å². The van der Waals surface area contributed by atoms with Gasteiger partial charge < -0.3 is 8.94 Å². The van der Waals surface area contributed by atoms with Crippen LogP contribution in [0.15, 0.2) is 27.3 Å². The van der Waals surface area contributed by atoms with Crippen LogP contribution in [-0.4, -0.2) is 36.0 Å². The fourth-order valence-electron chi connectivity index (χ4n) is 2.91. The van der Waals surface area contributed by atoms with E-state index in [2.05, 4.69) is 10.1 Å². The zero-order valence-electron chi connectivity index (χ0n) is 12.8. The molecule has 1 atom stereocenters. The van der Waals surface area contributed by atoms with Crippen molar-refractivity contribution in [2.75, 3.05) is 11.5 Å². The topological polar surface area (TPSA) is 76.6 Å². The van der Waals surface area contributed by atoms with E-state index < -0.39 is 9.84 Å². The Morgan fingerprint density at radius 2 is 2.18 bits per heavy atom. The van der Waals surface area contributed by atoms with Crippen molar-refractivity contribution in [2.24, 2.45) is 0 Å². The minimum absolute atomic E-state index is 0.00352. The highest BCUT2D eigenvalue weighted by Gasteiger charge is 2.33. The minimum Gasteiger partial charge on any atom is -0.468 e. The molecule has 0 bridgehead atoms. The first-order valence-electron chi connectivity index (χ1n) is 7.33. The summed E-state index contributed by atoms with van der Waals surface area (Å²) in [5.74, 6) is 2.07. The van der Waals surface area contributed by atoms with Gasteiger partial charge in [-0.25, -0.2) is 8.42 Å². The van der Waals surface area contributed by atoms with E-state index in [1.807, 2.05) is 26.0 Å². The van der Waals surface area contributed by atoms with Crippen molar-refractivity contribution in [3.05, 3.63) is 41.2 Å². The Kier molecular flexibility index (Phi) is 4.10. The van der Waals surface area contributed by atoms with Crippen molar-refractivity contribution in [2.45, 2.75) is 39.4 Å². The molecule has 0 amide bonds. The highest BCUT2D eigenvalue weighted by atomic mass is 32.2. The molecule has 1 unspecified atom stereocenters. The van der Waals surface area contributed by atoms with Gasteiger partial charge >= 0.3 is 0 Å². The number of sulfone groups is 1. The third-order valence-corrected chi connectivity index (χ3v) is 5.96. The van der Waals surface area contributed by atoms with E-state index in [4.69, 9.17) is 8.94 Å². The Hall–Kier alpha value is -1.60. The zero-order chi connectivity index (χ0) is 15.7. The van der Waals surface area contributed by atoms with Crippen LogP contribution in [0, 0.1) is 13.8 Å². The van der Waals surface area contributed by atoms with E-state index >= 15 is 0 Å². The van der Waals surface area contributed by atoms with Crippen molar-refractivity contribution < 1.29 is 17.4 Å². The lowest BCUT2D eigenvalue weighted by Gasteiger charge is -2.27. The predicted molar refractivity (Wildman–Crippen MR) is 81.0 cm³/mol. The lowest BCUT2D eigenvalue weighted by Crippen LogP contribution is -2.35. The second-order valence-electron chi connectivity index (χ2n) is 5.84. The Labute approximate surface area is 130 Å². The quantitative estimate of drug-likeness (QED) is 0.838. The molecule has 1 aliphatic rings. The molecule has 0 N–H and O–H groups in total. The van der Waals surface area contributed by atoms with Crippen LogP contribution in [0.5, 0.6) is 0 Å². The van der Waals surface area contributed by atoms with Gasteiger partial charge in [0.25, 0.3) is 0 Å². The molecule has 0 aliphatic carbocycles. The van der Waals surface area contributed by atoms with Gasteiger partial charge in [0.05, 0.1) is 30.0 Å². The summed E-state index contributed by atoms with van der Waals surface area (Å²) >= 11 is 0.